The summed E-state index contributed by atoms with van der Waals surface area (Å²) >= 11 is 0. The standard InChI is InChI=1S/C15H20N4O3.ClH/c16-7-9-18(8-6-12-4-2-1-3-5-12)14(21)11-19-10-13(20)17-15(19)22;/h1-5H,6-11,16H2,(H,17,20,22);1H. The number of benzene rings is 1. The fraction of sp³-hybridized carbons (Fsp3) is 0.400. The maximum Gasteiger partial charge on any atom is 0.325 e. The highest BCUT2D eigenvalue weighted by Crippen LogP contribution is 2.04. The Kier molecular flexibility index (Phi) is 7.50. The number of carbonyl (C=O) groups excluding carboxylic acids is 3. The normalized spacial score (nSPS) is 13.5. The van der Waals surface area contributed by atoms with E-state index in [1.54, 1.807) is 4.90 Å². The van der Waals surface area contributed by atoms with Crippen LogP contribution in [0.2, 0.25) is 0 Å². The lowest BCUT2D eigenvalue weighted by Crippen LogP contribution is -2.44. The van der Waals surface area contributed by atoms with Gasteiger partial charge in [0.2, 0.25) is 11.8 Å². The fourth-order valence-corrected chi connectivity index (χ4v) is 2.30. The van der Waals surface area contributed by atoms with Crippen LogP contribution < -0.4 is 11.1 Å². The summed E-state index contributed by atoms with van der Waals surface area (Å²) in [5, 5.41) is 2.15. The largest absolute Gasteiger partial charge is 0.340 e. The van der Waals surface area contributed by atoms with Crippen LogP contribution >= 0.6 is 12.4 Å². The first kappa shape index (κ1) is 18.9. The van der Waals surface area contributed by atoms with E-state index in [1.165, 1.54) is 4.90 Å². The van der Waals surface area contributed by atoms with Gasteiger partial charge in [0.25, 0.3) is 0 Å². The predicted octanol–water partition coefficient (Wildman–Crippen LogP) is -0.0100. The number of nitrogens with two attached hydrogens (primary N) is 1. The van der Waals surface area contributed by atoms with Gasteiger partial charge in [-0.3, -0.25) is 14.9 Å². The van der Waals surface area contributed by atoms with E-state index < -0.39 is 6.03 Å². The third kappa shape index (κ3) is 5.54. The summed E-state index contributed by atoms with van der Waals surface area (Å²) < 4.78 is 0. The van der Waals surface area contributed by atoms with Crippen molar-refractivity contribution in [1.82, 2.24) is 15.1 Å². The summed E-state index contributed by atoms with van der Waals surface area (Å²) in [5.41, 5.74) is 6.68. The van der Waals surface area contributed by atoms with E-state index in [0.29, 0.717) is 19.6 Å². The lowest BCUT2D eigenvalue weighted by Gasteiger charge is -2.24. The number of rotatable bonds is 7. The molecule has 1 aromatic carbocycles. The molecule has 0 spiro atoms. The van der Waals surface area contributed by atoms with Crippen LogP contribution in [0.1, 0.15) is 5.56 Å². The number of nitrogens with one attached hydrogen (secondary N) is 1. The zero-order valence-electron chi connectivity index (χ0n) is 12.7. The van der Waals surface area contributed by atoms with E-state index in [0.717, 1.165) is 12.0 Å². The first-order chi connectivity index (χ1) is 10.6. The Morgan fingerprint density at radius 2 is 1.91 bits per heavy atom. The lowest BCUT2D eigenvalue weighted by atomic mass is 10.1. The molecule has 0 aromatic heterocycles. The van der Waals surface area contributed by atoms with Crippen LogP contribution in [0.4, 0.5) is 4.79 Å². The molecule has 0 bridgehead atoms. The Labute approximate surface area is 141 Å². The lowest BCUT2D eigenvalue weighted by molar-refractivity contribution is -0.131. The Bertz CT molecular complexity index is 553. The molecule has 1 aliphatic heterocycles. The van der Waals surface area contributed by atoms with Crippen LogP contribution in [0.5, 0.6) is 0 Å². The molecule has 2 rings (SSSR count). The Morgan fingerprint density at radius 3 is 2.48 bits per heavy atom. The van der Waals surface area contributed by atoms with Gasteiger partial charge in [-0.1, -0.05) is 30.3 Å². The number of hydrogen-bond donors (Lipinski definition) is 2. The molecule has 7 nitrogen and oxygen atoms in total. The predicted molar refractivity (Wildman–Crippen MR) is 88.1 cm³/mol. The third-order valence-corrected chi connectivity index (χ3v) is 3.46. The SMILES string of the molecule is Cl.NCCN(CCc1ccccc1)C(=O)CN1CC(=O)NC1=O. The van der Waals surface area contributed by atoms with Gasteiger partial charge in [-0.2, -0.15) is 0 Å². The van der Waals surface area contributed by atoms with Crippen molar-refractivity contribution in [3.63, 3.8) is 0 Å². The molecule has 0 saturated carbocycles. The number of hydrogen-bond acceptors (Lipinski definition) is 4. The van der Waals surface area contributed by atoms with Gasteiger partial charge < -0.3 is 15.5 Å². The monoisotopic (exact) mass is 340 g/mol. The summed E-state index contributed by atoms with van der Waals surface area (Å²) in [6.07, 6.45) is 0.720. The summed E-state index contributed by atoms with van der Waals surface area (Å²) in [4.78, 5) is 37.7. The van der Waals surface area contributed by atoms with E-state index in [2.05, 4.69) is 5.32 Å². The van der Waals surface area contributed by atoms with Crippen LogP contribution in [-0.2, 0) is 16.0 Å². The zero-order chi connectivity index (χ0) is 15.9. The number of carbonyl (C=O) groups is 3. The second-order valence-corrected chi connectivity index (χ2v) is 5.11. The van der Waals surface area contributed by atoms with Crippen molar-refractivity contribution in [2.75, 3.05) is 32.7 Å². The Balaban J connectivity index is 0.00000264. The van der Waals surface area contributed by atoms with Gasteiger partial charge in [-0.25, -0.2) is 4.79 Å². The summed E-state index contributed by atoms with van der Waals surface area (Å²) in [6.45, 7) is 1.14. The van der Waals surface area contributed by atoms with Gasteiger partial charge in [-0.05, 0) is 12.0 Å². The minimum Gasteiger partial charge on any atom is -0.340 e. The smallest absolute Gasteiger partial charge is 0.325 e. The fourth-order valence-electron chi connectivity index (χ4n) is 2.30. The van der Waals surface area contributed by atoms with Crippen molar-refractivity contribution in [1.29, 1.82) is 0 Å². The molecule has 1 saturated heterocycles. The highest BCUT2D eigenvalue weighted by molar-refractivity contribution is 6.03. The van der Waals surface area contributed by atoms with Gasteiger partial charge in [0.15, 0.2) is 0 Å². The van der Waals surface area contributed by atoms with Crippen LogP contribution in [0.15, 0.2) is 30.3 Å². The van der Waals surface area contributed by atoms with E-state index in [9.17, 15) is 14.4 Å². The quantitative estimate of drug-likeness (QED) is 0.682. The maximum absolute atomic E-state index is 12.3. The van der Waals surface area contributed by atoms with Crippen molar-refractivity contribution in [3.8, 4) is 0 Å². The van der Waals surface area contributed by atoms with E-state index in [4.69, 9.17) is 5.73 Å². The minimum absolute atomic E-state index is 0. The first-order valence-corrected chi connectivity index (χ1v) is 7.20. The van der Waals surface area contributed by atoms with Crippen LogP contribution in [-0.4, -0.2) is 60.4 Å². The zero-order valence-corrected chi connectivity index (χ0v) is 13.6. The van der Waals surface area contributed by atoms with Crippen LogP contribution in [0, 0.1) is 0 Å². The molecule has 1 aromatic rings. The topological polar surface area (TPSA) is 95.7 Å². The summed E-state index contributed by atoms with van der Waals surface area (Å²) in [6, 6.07) is 9.31. The molecule has 0 aliphatic carbocycles. The number of amides is 4. The molecular formula is C15H21ClN4O3. The van der Waals surface area contributed by atoms with E-state index in [1.807, 2.05) is 30.3 Å². The number of nitrogens with zero attached hydrogens (tertiary/aromatic N) is 2. The number of urea groups is 1. The molecule has 0 radical (unpaired) electrons. The van der Waals surface area contributed by atoms with Crippen molar-refractivity contribution >= 4 is 30.3 Å². The number of halogens is 1. The van der Waals surface area contributed by atoms with Crippen molar-refractivity contribution in [3.05, 3.63) is 35.9 Å². The Hall–Kier alpha value is -2.12. The van der Waals surface area contributed by atoms with Crippen molar-refractivity contribution < 1.29 is 14.4 Å². The molecule has 1 aliphatic rings. The van der Waals surface area contributed by atoms with Gasteiger partial charge in [-0.15, -0.1) is 12.4 Å². The van der Waals surface area contributed by atoms with Gasteiger partial charge in [0, 0.05) is 19.6 Å². The van der Waals surface area contributed by atoms with Crippen LogP contribution in [0.3, 0.4) is 0 Å². The second kappa shape index (κ2) is 9.12. The van der Waals surface area contributed by atoms with Gasteiger partial charge in [0.1, 0.15) is 13.1 Å². The van der Waals surface area contributed by atoms with Crippen molar-refractivity contribution in [2.24, 2.45) is 5.73 Å². The molecule has 0 atom stereocenters. The molecular weight excluding hydrogens is 320 g/mol. The Morgan fingerprint density at radius 1 is 1.22 bits per heavy atom. The average Bonchev–Trinajstić information content (AvgIpc) is 2.82. The second-order valence-electron chi connectivity index (χ2n) is 5.11. The molecule has 3 N–H and O–H groups in total. The molecule has 0 unspecified atom stereocenters. The molecule has 1 fully saturated rings. The highest BCUT2D eigenvalue weighted by atomic mass is 35.5. The number of imide groups is 1. The molecule has 126 valence electrons. The van der Waals surface area contributed by atoms with E-state index >= 15 is 0 Å². The van der Waals surface area contributed by atoms with E-state index in [-0.39, 0.29) is 37.3 Å². The molecule has 4 amide bonds. The molecule has 8 heteroatoms. The van der Waals surface area contributed by atoms with Gasteiger partial charge in [0.05, 0.1) is 0 Å². The molecule has 23 heavy (non-hydrogen) atoms. The van der Waals surface area contributed by atoms with Crippen LogP contribution in [0.25, 0.3) is 0 Å². The summed E-state index contributed by atoms with van der Waals surface area (Å²) in [7, 11) is 0. The minimum atomic E-state index is -0.519. The van der Waals surface area contributed by atoms with Gasteiger partial charge >= 0.3 is 6.03 Å². The van der Waals surface area contributed by atoms with Crippen molar-refractivity contribution in [2.45, 2.75) is 6.42 Å². The first-order valence-electron chi connectivity index (χ1n) is 7.20. The maximum atomic E-state index is 12.3. The summed E-state index contributed by atoms with van der Waals surface area (Å²) in [5.74, 6) is -0.585. The highest BCUT2D eigenvalue weighted by Gasteiger charge is 2.29. The third-order valence-electron chi connectivity index (χ3n) is 3.46. The molecule has 1 heterocycles. The average molecular weight is 341 g/mol.